The molecule has 1 aliphatic heterocycles. The Kier molecular flexibility index (Phi) is 5.38. The molecule has 2 amide bonds. The molecule has 11 heteroatoms. The minimum absolute atomic E-state index is 0.0383. The number of pyridine rings is 1. The number of nitrogens with one attached hydrogen (secondary N) is 2. The van der Waals surface area contributed by atoms with E-state index in [1.807, 2.05) is 29.3 Å². The average Bonchev–Trinajstić information content (AvgIpc) is 3.87. The first-order chi connectivity index (χ1) is 19.9. The SMILES string of the molecule is Cc1ccnc(C2CC2C(=O)Nc2cc(N[C@H](C)c3cc4cc(C5CC5)cc(N5CC6CC6C5=O)n4n3)ncn2)n1. The number of amides is 2. The van der Waals surface area contributed by atoms with Crippen molar-refractivity contribution in [3.8, 4) is 0 Å². The zero-order valence-electron chi connectivity index (χ0n) is 23.0. The molecular weight excluding hydrogens is 518 g/mol. The summed E-state index contributed by atoms with van der Waals surface area (Å²) in [6.07, 6.45) is 7.31. The molecule has 4 fully saturated rings. The molecule has 2 N–H and O–H groups in total. The normalized spacial score (nSPS) is 25.2. The molecule has 0 spiro atoms. The highest BCUT2D eigenvalue weighted by atomic mass is 16.2. The number of rotatable bonds is 8. The average molecular weight is 550 g/mol. The van der Waals surface area contributed by atoms with Crippen LogP contribution in [0.4, 0.5) is 17.5 Å². The Hall–Kier alpha value is -4.41. The molecule has 5 atom stereocenters. The van der Waals surface area contributed by atoms with Gasteiger partial charge in [0.25, 0.3) is 0 Å². The molecule has 0 aromatic carbocycles. The number of piperidine rings is 1. The monoisotopic (exact) mass is 549 g/mol. The van der Waals surface area contributed by atoms with Gasteiger partial charge >= 0.3 is 0 Å². The zero-order valence-corrected chi connectivity index (χ0v) is 23.0. The quantitative estimate of drug-likeness (QED) is 0.337. The molecule has 41 heavy (non-hydrogen) atoms. The zero-order chi connectivity index (χ0) is 27.8. The number of hydrogen-bond donors (Lipinski definition) is 2. The minimum atomic E-state index is -0.167. The lowest BCUT2D eigenvalue weighted by molar-refractivity contribution is -0.119. The summed E-state index contributed by atoms with van der Waals surface area (Å²) >= 11 is 0. The molecule has 0 bridgehead atoms. The van der Waals surface area contributed by atoms with Crippen LogP contribution in [-0.2, 0) is 9.59 Å². The summed E-state index contributed by atoms with van der Waals surface area (Å²) in [6, 6.07) is 9.87. The van der Waals surface area contributed by atoms with Crippen LogP contribution in [0, 0.1) is 24.7 Å². The summed E-state index contributed by atoms with van der Waals surface area (Å²) in [4.78, 5) is 45.2. The van der Waals surface area contributed by atoms with E-state index in [1.165, 1.54) is 24.7 Å². The van der Waals surface area contributed by atoms with Gasteiger partial charge in [-0.1, -0.05) is 0 Å². The van der Waals surface area contributed by atoms with E-state index in [0.717, 1.165) is 47.9 Å². The van der Waals surface area contributed by atoms with E-state index in [2.05, 4.69) is 48.8 Å². The second kappa shape index (κ2) is 9.05. The number of anilines is 3. The molecular formula is C30H31N9O2. The smallest absolute Gasteiger partial charge is 0.231 e. The van der Waals surface area contributed by atoms with E-state index in [9.17, 15) is 9.59 Å². The van der Waals surface area contributed by atoms with Crippen LogP contribution in [0.1, 0.15) is 73.3 Å². The fourth-order valence-electron chi connectivity index (χ4n) is 6.10. The lowest BCUT2D eigenvalue weighted by atomic mass is 10.1. The van der Waals surface area contributed by atoms with Gasteiger partial charge < -0.3 is 10.6 Å². The van der Waals surface area contributed by atoms with Crippen LogP contribution in [0.25, 0.3) is 5.52 Å². The summed E-state index contributed by atoms with van der Waals surface area (Å²) in [5.41, 5.74) is 4.02. The molecule has 3 saturated carbocycles. The highest BCUT2D eigenvalue weighted by molar-refractivity contribution is 5.99. The number of carbonyl (C=O) groups is 2. The van der Waals surface area contributed by atoms with Gasteiger partial charge in [0.1, 0.15) is 29.6 Å². The van der Waals surface area contributed by atoms with Crippen LogP contribution >= 0.6 is 0 Å². The van der Waals surface area contributed by atoms with Crippen molar-refractivity contribution in [3.05, 3.63) is 65.6 Å². The van der Waals surface area contributed by atoms with Crippen LogP contribution in [0.3, 0.4) is 0 Å². The number of aryl methyl sites for hydroxylation is 1. The Morgan fingerprint density at radius 3 is 2.68 bits per heavy atom. The van der Waals surface area contributed by atoms with Crippen LogP contribution < -0.4 is 15.5 Å². The van der Waals surface area contributed by atoms with Gasteiger partial charge in [-0.05, 0) is 81.2 Å². The van der Waals surface area contributed by atoms with Crippen molar-refractivity contribution in [2.24, 2.45) is 17.8 Å². The van der Waals surface area contributed by atoms with Gasteiger partial charge in [0, 0.05) is 42.3 Å². The molecule has 3 aliphatic carbocycles. The fourth-order valence-corrected chi connectivity index (χ4v) is 6.10. The van der Waals surface area contributed by atoms with Crippen LogP contribution in [0.2, 0.25) is 0 Å². The molecule has 11 nitrogen and oxygen atoms in total. The first kappa shape index (κ1) is 24.4. The second-order valence-electron chi connectivity index (χ2n) is 12.0. The first-order valence-electron chi connectivity index (χ1n) is 14.5. The van der Waals surface area contributed by atoms with Gasteiger partial charge in [0.05, 0.1) is 17.3 Å². The lowest BCUT2D eigenvalue weighted by Gasteiger charge is -2.20. The largest absolute Gasteiger partial charge is 0.362 e. The molecule has 1 saturated heterocycles. The van der Waals surface area contributed by atoms with E-state index in [-0.39, 0.29) is 35.6 Å². The molecule has 4 aromatic heterocycles. The van der Waals surface area contributed by atoms with Gasteiger partial charge in [-0.15, -0.1) is 0 Å². The Bertz CT molecular complexity index is 1710. The summed E-state index contributed by atoms with van der Waals surface area (Å²) in [5.74, 6) is 3.89. The van der Waals surface area contributed by atoms with Crippen LogP contribution in [0.15, 0.2) is 42.9 Å². The Labute approximate surface area is 236 Å². The van der Waals surface area contributed by atoms with E-state index in [1.54, 1.807) is 12.3 Å². The molecule has 0 radical (unpaired) electrons. The minimum Gasteiger partial charge on any atom is -0.362 e. The third kappa shape index (κ3) is 4.49. The van der Waals surface area contributed by atoms with E-state index in [4.69, 9.17) is 5.10 Å². The molecule has 208 valence electrons. The number of hydrogen-bond acceptors (Lipinski definition) is 8. The Morgan fingerprint density at radius 1 is 1.05 bits per heavy atom. The van der Waals surface area contributed by atoms with Gasteiger partial charge in [0.15, 0.2) is 0 Å². The molecule has 4 aliphatic rings. The number of nitrogens with zero attached hydrogens (tertiary/aromatic N) is 7. The molecule has 4 aromatic rings. The van der Waals surface area contributed by atoms with Gasteiger partial charge in [-0.3, -0.25) is 14.5 Å². The molecule has 5 heterocycles. The van der Waals surface area contributed by atoms with Gasteiger partial charge in [0.2, 0.25) is 11.8 Å². The molecule has 8 rings (SSSR count). The summed E-state index contributed by atoms with van der Waals surface area (Å²) in [6.45, 7) is 4.73. The van der Waals surface area contributed by atoms with E-state index < -0.39 is 0 Å². The maximum absolute atomic E-state index is 12.9. The van der Waals surface area contributed by atoms with Crippen molar-refractivity contribution >= 4 is 34.8 Å². The van der Waals surface area contributed by atoms with Crippen molar-refractivity contribution < 1.29 is 9.59 Å². The predicted octanol–water partition coefficient (Wildman–Crippen LogP) is 4.00. The highest BCUT2D eigenvalue weighted by Crippen LogP contribution is 2.49. The summed E-state index contributed by atoms with van der Waals surface area (Å²) in [5, 5.41) is 11.3. The number of carbonyl (C=O) groups excluding carboxylic acids is 2. The van der Waals surface area contributed by atoms with E-state index in [0.29, 0.717) is 23.5 Å². The van der Waals surface area contributed by atoms with Crippen molar-refractivity contribution in [3.63, 3.8) is 0 Å². The topological polar surface area (TPSA) is 130 Å². The van der Waals surface area contributed by atoms with Gasteiger partial charge in [-0.25, -0.2) is 24.5 Å². The van der Waals surface area contributed by atoms with E-state index >= 15 is 0 Å². The van der Waals surface area contributed by atoms with Crippen LogP contribution in [0.5, 0.6) is 0 Å². The van der Waals surface area contributed by atoms with Crippen molar-refractivity contribution in [1.29, 1.82) is 0 Å². The lowest BCUT2D eigenvalue weighted by Crippen LogP contribution is -2.30. The highest BCUT2D eigenvalue weighted by Gasteiger charge is 2.53. The van der Waals surface area contributed by atoms with Crippen LogP contribution in [-0.4, -0.2) is 47.9 Å². The second-order valence-corrected chi connectivity index (χ2v) is 12.0. The summed E-state index contributed by atoms with van der Waals surface area (Å²) < 4.78 is 1.91. The summed E-state index contributed by atoms with van der Waals surface area (Å²) in [7, 11) is 0. The molecule has 4 unspecified atom stereocenters. The maximum Gasteiger partial charge on any atom is 0.231 e. The van der Waals surface area contributed by atoms with Crippen molar-refractivity contribution in [2.45, 2.75) is 57.4 Å². The van der Waals surface area contributed by atoms with Crippen molar-refractivity contribution in [2.75, 3.05) is 22.1 Å². The first-order valence-corrected chi connectivity index (χ1v) is 14.5. The van der Waals surface area contributed by atoms with Gasteiger partial charge in [-0.2, -0.15) is 5.10 Å². The third-order valence-electron chi connectivity index (χ3n) is 8.83. The maximum atomic E-state index is 12.9. The number of fused-ring (bicyclic) bond motifs is 2. The standard InChI is InChI=1S/C30H31N9O2/c1-15-5-6-31-28(34-15)22-11-23(22)29(40)36-26-12-25(32-14-33-26)35-16(2)24-10-20-7-18(17-3-4-17)9-27(39(20)37-24)38-13-19-8-21(19)30(38)41/h5-7,9-10,12,14,16-17,19,21-23H,3-4,8,11,13H2,1-2H3,(H2,32,33,35,36,40)/t16-,19?,21?,22?,23?/m1/s1. The Morgan fingerprint density at radius 2 is 1.90 bits per heavy atom. The third-order valence-corrected chi connectivity index (χ3v) is 8.83. The Balaban J connectivity index is 0.987. The van der Waals surface area contributed by atoms with Crippen molar-refractivity contribution in [1.82, 2.24) is 29.5 Å². The predicted molar refractivity (Wildman–Crippen MR) is 151 cm³/mol. The fraction of sp³-hybridized carbons (Fsp3) is 0.433. The number of aromatic nitrogens is 6.